The molecule has 80 valence electrons. The average Bonchev–Trinajstić information content (AvgIpc) is 2.40. The summed E-state index contributed by atoms with van der Waals surface area (Å²) in [5.41, 5.74) is -0.750. The number of aliphatic hydroxyl groups is 1. The number of amides is 3. The van der Waals surface area contributed by atoms with Crippen LogP contribution in [0.25, 0.3) is 0 Å². The van der Waals surface area contributed by atoms with E-state index in [0.29, 0.717) is 12.8 Å². The average molecular weight is 200 g/mol. The van der Waals surface area contributed by atoms with E-state index in [1.807, 2.05) is 13.8 Å². The molecule has 1 fully saturated rings. The number of urea groups is 1. The highest BCUT2D eigenvalue weighted by molar-refractivity contribution is 6.06. The number of carbonyl (C=O) groups is 2. The molecule has 1 aliphatic rings. The third-order valence-electron chi connectivity index (χ3n) is 2.90. The first-order chi connectivity index (χ1) is 6.62. The molecule has 0 unspecified atom stereocenters. The van der Waals surface area contributed by atoms with Gasteiger partial charge >= 0.3 is 6.03 Å². The quantitative estimate of drug-likeness (QED) is 0.632. The first-order valence-corrected chi connectivity index (χ1v) is 4.86. The third kappa shape index (κ3) is 1.37. The number of aliphatic hydroxyl groups excluding tert-OH is 1. The van der Waals surface area contributed by atoms with Crippen molar-refractivity contribution in [3.05, 3.63) is 0 Å². The first kappa shape index (κ1) is 11.0. The number of nitrogens with zero attached hydrogens (tertiary/aromatic N) is 1. The number of carbonyl (C=O) groups excluding carboxylic acids is 2. The molecule has 14 heavy (non-hydrogen) atoms. The molecule has 5 heteroatoms. The Labute approximate surface area is 83.1 Å². The summed E-state index contributed by atoms with van der Waals surface area (Å²) >= 11 is 0. The molecule has 0 aromatic carbocycles. The monoisotopic (exact) mass is 200 g/mol. The van der Waals surface area contributed by atoms with Gasteiger partial charge in [0.1, 0.15) is 5.54 Å². The molecule has 5 nitrogen and oxygen atoms in total. The molecule has 1 rings (SSSR count). The minimum absolute atomic E-state index is 0.123. The summed E-state index contributed by atoms with van der Waals surface area (Å²) in [6.07, 6.45) is 1.14. The number of imide groups is 1. The molecule has 1 heterocycles. The summed E-state index contributed by atoms with van der Waals surface area (Å²) in [6.45, 7) is 3.82. The van der Waals surface area contributed by atoms with Crippen LogP contribution in [0.4, 0.5) is 4.79 Å². The van der Waals surface area contributed by atoms with E-state index in [1.54, 1.807) is 0 Å². The van der Waals surface area contributed by atoms with E-state index in [9.17, 15) is 9.59 Å². The Hall–Kier alpha value is -1.10. The van der Waals surface area contributed by atoms with Crippen molar-refractivity contribution in [3.8, 4) is 0 Å². The largest absolute Gasteiger partial charge is 0.395 e. The molecule has 0 aliphatic carbocycles. The lowest BCUT2D eigenvalue weighted by Crippen LogP contribution is -2.49. The second-order valence-electron chi connectivity index (χ2n) is 3.37. The Bertz CT molecular complexity index is 248. The molecule has 1 saturated heterocycles. The van der Waals surface area contributed by atoms with Crippen LogP contribution in [0, 0.1) is 0 Å². The molecule has 1 aliphatic heterocycles. The van der Waals surface area contributed by atoms with Crippen LogP contribution in [0.1, 0.15) is 26.7 Å². The summed E-state index contributed by atoms with van der Waals surface area (Å²) < 4.78 is 0. The van der Waals surface area contributed by atoms with Gasteiger partial charge in [-0.3, -0.25) is 10.1 Å². The van der Waals surface area contributed by atoms with Gasteiger partial charge in [-0.05, 0) is 12.8 Å². The Morgan fingerprint density at radius 3 is 2.36 bits per heavy atom. The van der Waals surface area contributed by atoms with Gasteiger partial charge in [0.2, 0.25) is 0 Å². The van der Waals surface area contributed by atoms with E-state index in [-0.39, 0.29) is 19.1 Å². The summed E-state index contributed by atoms with van der Waals surface area (Å²) in [5, 5.41) is 11.1. The number of hydrogen-bond donors (Lipinski definition) is 2. The van der Waals surface area contributed by atoms with Crippen LogP contribution < -0.4 is 5.32 Å². The molecule has 0 aromatic heterocycles. The Morgan fingerprint density at radius 2 is 1.93 bits per heavy atom. The van der Waals surface area contributed by atoms with Crippen molar-refractivity contribution in [2.75, 3.05) is 13.2 Å². The van der Waals surface area contributed by atoms with Crippen molar-refractivity contribution in [2.45, 2.75) is 32.2 Å². The fraction of sp³-hybridized carbons (Fsp3) is 0.778. The maximum Gasteiger partial charge on any atom is 0.325 e. The van der Waals surface area contributed by atoms with Gasteiger partial charge in [-0.15, -0.1) is 0 Å². The van der Waals surface area contributed by atoms with Gasteiger partial charge < -0.3 is 10.0 Å². The number of nitrogens with one attached hydrogen (secondary N) is 1. The molecule has 0 aromatic rings. The van der Waals surface area contributed by atoms with Crippen LogP contribution in [0.15, 0.2) is 0 Å². The minimum atomic E-state index is -0.750. The molecule has 0 spiro atoms. The second-order valence-corrected chi connectivity index (χ2v) is 3.37. The lowest BCUT2D eigenvalue weighted by molar-refractivity contribution is -0.127. The van der Waals surface area contributed by atoms with Crippen molar-refractivity contribution in [2.24, 2.45) is 0 Å². The van der Waals surface area contributed by atoms with Crippen molar-refractivity contribution in [1.82, 2.24) is 10.2 Å². The molecule has 0 atom stereocenters. The summed E-state index contributed by atoms with van der Waals surface area (Å²) in [7, 11) is 0. The van der Waals surface area contributed by atoms with Crippen molar-refractivity contribution >= 4 is 11.9 Å². The van der Waals surface area contributed by atoms with E-state index < -0.39 is 11.6 Å². The highest BCUT2D eigenvalue weighted by atomic mass is 16.3. The predicted octanol–water partition coefficient (Wildman–Crippen LogP) is 0.0893. The van der Waals surface area contributed by atoms with E-state index in [1.165, 1.54) is 4.90 Å². The number of rotatable bonds is 4. The highest BCUT2D eigenvalue weighted by Crippen LogP contribution is 2.28. The predicted molar refractivity (Wildman–Crippen MR) is 50.6 cm³/mol. The Morgan fingerprint density at radius 1 is 1.36 bits per heavy atom. The maximum atomic E-state index is 11.6. The van der Waals surface area contributed by atoms with Gasteiger partial charge in [-0.25, -0.2) is 4.79 Å². The maximum absolute atomic E-state index is 11.6. The zero-order chi connectivity index (χ0) is 10.8. The topological polar surface area (TPSA) is 69.6 Å². The summed E-state index contributed by atoms with van der Waals surface area (Å²) in [5.74, 6) is -0.249. The minimum Gasteiger partial charge on any atom is -0.395 e. The zero-order valence-electron chi connectivity index (χ0n) is 8.54. The van der Waals surface area contributed by atoms with E-state index >= 15 is 0 Å². The Kier molecular flexibility index (Phi) is 3.10. The van der Waals surface area contributed by atoms with Crippen LogP contribution in [0.3, 0.4) is 0 Å². The molecule has 2 N–H and O–H groups in total. The van der Waals surface area contributed by atoms with Crippen LogP contribution >= 0.6 is 0 Å². The van der Waals surface area contributed by atoms with Crippen molar-refractivity contribution in [3.63, 3.8) is 0 Å². The third-order valence-corrected chi connectivity index (χ3v) is 2.90. The normalized spacial score (nSPS) is 20.1. The van der Waals surface area contributed by atoms with Crippen LogP contribution in [-0.4, -0.2) is 40.6 Å². The molecular weight excluding hydrogens is 184 g/mol. The Balaban J connectivity index is 2.97. The molecule has 0 bridgehead atoms. The molecular formula is C9H16N2O3. The molecule has 0 radical (unpaired) electrons. The SMILES string of the molecule is CCC1(CC)C(=O)NC(=O)N1CCO. The van der Waals surface area contributed by atoms with Gasteiger partial charge in [0.25, 0.3) is 5.91 Å². The lowest BCUT2D eigenvalue weighted by Gasteiger charge is -2.32. The van der Waals surface area contributed by atoms with E-state index in [4.69, 9.17) is 5.11 Å². The highest BCUT2D eigenvalue weighted by Gasteiger charge is 2.49. The van der Waals surface area contributed by atoms with Crippen molar-refractivity contribution in [1.29, 1.82) is 0 Å². The zero-order valence-corrected chi connectivity index (χ0v) is 8.54. The first-order valence-electron chi connectivity index (χ1n) is 4.86. The van der Waals surface area contributed by atoms with Crippen LogP contribution in [-0.2, 0) is 4.79 Å². The number of β-amino-alcohol motifs (C(OH)–C–C–N with tert-alkyl or cyclic N) is 1. The summed E-state index contributed by atoms with van der Waals surface area (Å²) in [4.78, 5) is 24.4. The fourth-order valence-corrected chi connectivity index (χ4v) is 1.97. The molecule has 3 amide bonds. The fourth-order valence-electron chi connectivity index (χ4n) is 1.97. The van der Waals surface area contributed by atoms with Gasteiger partial charge in [-0.2, -0.15) is 0 Å². The van der Waals surface area contributed by atoms with Gasteiger partial charge in [0.15, 0.2) is 0 Å². The van der Waals surface area contributed by atoms with Gasteiger partial charge in [-0.1, -0.05) is 13.8 Å². The van der Waals surface area contributed by atoms with E-state index in [2.05, 4.69) is 5.32 Å². The van der Waals surface area contributed by atoms with Gasteiger partial charge in [0, 0.05) is 6.54 Å². The standard InChI is InChI=1S/C9H16N2O3/c1-3-9(4-2)7(13)10-8(14)11(9)5-6-12/h12H,3-6H2,1-2H3,(H,10,13,14). The second kappa shape index (κ2) is 3.96. The molecule has 0 saturated carbocycles. The van der Waals surface area contributed by atoms with Crippen molar-refractivity contribution < 1.29 is 14.7 Å². The van der Waals surface area contributed by atoms with E-state index in [0.717, 1.165) is 0 Å². The van der Waals surface area contributed by atoms with Crippen LogP contribution in [0.2, 0.25) is 0 Å². The van der Waals surface area contributed by atoms with Gasteiger partial charge in [0.05, 0.1) is 6.61 Å². The summed E-state index contributed by atoms with van der Waals surface area (Å²) in [6, 6.07) is -0.396. The smallest absolute Gasteiger partial charge is 0.325 e. The van der Waals surface area contributed by atoms with Crippen LogP contribution in [0.5, 0.6) is 0 Å². The lowest BCUT2D eigenvalue weighted by atomic mass is 9.91. The number of hydrogen-bond acceptors (Lipinski definition) is 3.